The van der Waals surface area contributed by atoms with E-state index in [0.29, 0.717) is 12.4 Å². The normalized spacial score (nSPS) is 11.8. The minimum absolute atomic E-state index is 0.286. The molecule has 0 spiro atoms. The Kier molecular flexibility index (Phi) is 3.57. The highest BCUT2D eigenvalue weighted by Gasteiger charge is 2.27. The monoisotopic (exact) mass is 262 g/mol. The van der Waals surface area contributed by atoms with E-state index in [2.05, 4.69) is 10.3 Å². The summed E-state index contributed by atoms with van der Waals surface area (Å²) in [5.41, 5.74) is 1.92. The smallest absolute Gasteiger partial charge is 0.325 e. The number of rotatable bonds is 4. The molecule has 0 fully saturated rings. The van der Waals surface area contributed by atoms with Gasteiger partial charge in [-0.2, -0.15) is 0 Å². The van der Waals surface area contributed by atoms with Gasteiger partial charge in [0.05, 0.1) is 7.11 Å². The van der Waals surface area contributed by atoms with Gasteiger partial charge in [-0.15, -0.1) is 0 Å². The number of nitrogens with one attached hydrogen (secondary N) is 1. The van der Waals surface area contributed by atoms with E-state index in [1.165, 1.54) is 7.11 Å². The molecule has 2 aromatic rings. The molecule has 1 aromatic heterocycles. The summed E-state index contributed by atoms with van der Waals surface area (Å²) >= 11 is 0. The van der Waals surface area contributed by atoms with Crippen LogP contribution in [0.3, 0.4) is 0 Å². The molecule has 0 saturated heterocycles. The van der Waals surface area contributed by atoms with E-state index in [1.807, 2.05) is 25.1 Å². The molecule has 0 aliphatic rings. The minimum Gasteiger partial charge on any atom is -0.468 e. The third-order valence-electron chi connectivity index (χ3n) is 2.99. The van der Waals surface area contributed by atoms with Crippen molar-refractivity contribution in [3.05, 3.63) is 29.7 Å². The molecule has 0 bridgehead atoms. The molecule has 5 heteroatoms. The summed E-state index contributed by atoms with van der Waals surface area (Å²) in [6, 6.07) is 5.79. The topological polar surface area (TPSA) is 64.4 Å². The van der Waals surface area contributed by atoms with Gasteiger partial charge in [-0.25, -0.2) is 4.98 Å². The molecular formula is C14H18N2O3. The lowest BCUT2D eigenvalue weighted by molar-refractivity contribution is -0.147. The summed E-state index contributed by atoms with van der Waals surface area (Å²) in [6.07, 6.45) is 0. The van der Waals surface area contributed by atoms with Crippen molar-refractivity contribution in [2.75, 3.05) is 7.11 Å². The fraction of sp³-hybridized carbons (Fsp3) is 0.429. The van der Waals surface area contributed by atoms with Crippen LogP contribution >= 0.6 is 0 Å². The first-order chi connectivity index (χ1) is 8.92. The Bertz CT molecular complexity index is 602. The predicted octanol–water partition coefficient (Wildman–Crippen LogP) is 2.18. The molecule has 5 nitrogen and oxygen atoms in total. The van der Waals surface area contributed by atoms with Crippen molar-refractivity contribution in [1.29, 1.82) is 0 Å². The van der Waals surface area contributed by atoms with Gasteiger partial charge >= 0.3 is 5.97 Å². The van der Waals surface area contributed by atoms with Crippen molar-refractivity contribution < 1.29 is 13.9 Å². The van der Waals surface area contributed by atoms with Crippen LogP contribution in [0, 0.1) is 6.92 Å². The maximum absolute atomic E-state index is 11.6. The third-order valence-corrected chi connectivity index (χ3v) is 2.99. The number of esters is 1. The maximum atomic E-state index is 11.6. The Labute approximate surface area is 112 Å². The SMILES string of the molecule is COC(=O)C(C)(C)NCc1ccc2oc(C)nc2c1. The number of hydrogen-bond acceptors (Lipinski definition) is 5. The number of nitrogens with zero attached hydrogens (tertiary/aromatic N) is 1. The van der Waals surface area contributed by atoms with Gasteiger partial charge in [-0.1, -0.05) is 6.07 Å². The predicted molar refractivity (Wildman–Crippen MR) is 71.7 cm³/mol. The van der Waals surface area contributed by atoms with E-state index in [9.17, 15) is 4.79 Å². The number of aryl methyl sites for hydroxylation is 1. The standard InChI is InChI=1S/C14H18N2O3/c1-9-16-11-7-10(5-6-12(11)19-9)8-15-14(2,3)13(17)18-4/h5-7,15H,8H2,1-4H3. The number of carbonyl (C=O) groups is 1. The zero-order chi connectivity index (χ0) is 14.0. The average molecular weight is 262 g/mol. The third kappa shape index (κ3) is 2.93. The quantitative estimate of drug-likeness (QED) is 0.855. The molecular weight excluding hydrogens is 244 g/mol. The van der Waals surface area contributed by atoms with Gasteiger partial charge in [0.15, 0.2) is 11.5 Å². The molecule has 0 saturated carbocycles. The molecule has 0 atom stereocenters. The van der Waals surface area contributed by atoms with E-state index in [1.54, 1.807) is 13.8 Å². The molecule has 1 aromatic carbocycles. The van der Waals surface area contributed by atoms with Gasteiger partial charge in [-0.05, 0) is 31.5 Å². The van der Waals surface area contributed by atoms with Crippen molar-refractivity contribution in [1.82, 2.24) is 10.3 Å². The van der Waals surface area contributed by atoms with Crippen LogP contribution in [0.2, 0.25) is 0 Å². The van der Waals surface area contributed by atoms with Gasteiger partial charge in [0.2, 0.25) is 0 Å². The van der Waals surface area contributed by atoms with Crippen molar-refractivity contribution in [2.45, 2.75) is 32.9 Å². The Hall–Kier alpha value is -1.88. The molecule has 2 rings (SSSR count). The Morgan fingerprint density at radius 3 is 2.89 bits per heavy atom. The largest absolute Gasteiger partial charge is 0.468 e. The van der Waals surface area contributed by atoms with E-state index >= 15 is 0 Å². The molecule has 102 valence electrons. The minimum atomic E-state index is -0.719. The van der Waals surface area contributed by atoms with Crippen LogP contribution in [0.5, 0.6) is 0 Å². The number of methoxy groups -OCH3 is 1. The lowest BCUT2D eigenvalue weighted by Crippen LogP contribution is -2.46. The van der Waals surface area contributed by atoms with Gasteiger partial charge in [0.1, 0.15) is 11.1 Å². The number of benzene rings is 1. The molecule has 0 aliphatic heterocycles. The summed E-state index contributed by atoms with van der Waals surface area (Å²) in [5.74, 6) is 0.362. The number of oxazole rings is 1. The number of fused-ring (bicyclic) bond motifs is 1. The molecule has 1 heterocycles. The van der Waals surface area contributed by atoms with Crippen LogP contribution in [0.1, 0.15) is 25.3 Å². The molecule has 19 heavy (non-hydrogen) atoms. The second-order valence-electron chi connectivity index (χ2n) is 5.01. The zero-order valence-electron chi connectivity index (χ0n) is 11.6. The second kappa shape index (κ2) is 5.01. The number of hydrogen-bond donors (Lipinski definition) is 1. The highest BCUT2D eigenvalue weighted by Crippen LogP contribution is 2.17. The van der Waals surface area contributed by atoms with Crippen LogP contribution in [0.25, 0.3) is 11.1 Å². The molecule has 0 unspecified atom stereocenters. The van der Waals surface area contributed by atoms with Gasteiger partial charge in [0, 0.05) is 13.5 Å². The van der Waals surface area contributed by atoms with Crippen LogP contribution in [-0.2, 0) is 16.1 Å². The Morgan fingerprint density at radius 1 is 1.47 bits per heavy atom. The van der Waals surface area contributed by atoms with Crippen LogP contribution < -0.4 is 5.32 Å². The summed E-state index contributed by atoms with van der Waals surface area (Å²) in [5, 5.41) is 3.16. The van der Waals surface area contributed by atoms with Crippen molar-refractivity contribution in [2.24, 2.45) is 0 Å². The van der Waals surface area contributed by atoms with E-state index in [4.69, 9.17) is 9.15 Å². The van der Waals surface area contributed by atoms with Gasteiger partial charge in [-0.3, -0.25) is 10.1 Å². The summed E-state index contributed by atoms with van der Waals surface area (Å²) in [4.78, 5) is 15.8. The van der Waals surface area contributed by atoms with E-state index in [-0.39, 0.29) is 5.97 Å². The Morgan fingerprint density at radius 2 is 2.21 bits per heavy atom. The van der Waals surface area contributed by atoms with Crippen LogP contribution in [0.4, 0.5) is 0 Å². The lowest BCUT2D eigenvalue weighted by Gasteiger charge is -2.23. The second-order valence-corrected chi connectivity index (χ2v) is 5.01. The zero-order valence-corrected chi connectivity index (χ0v) is 11.6. The first kappa shape index (κ1) is 13.5. The van der Waals surface area contributed by atoms with Crippen LogP contribution in [0.15, 0.2) is 22.6 Å². The molecule has 0 amide bonds. The maximum Gasteiger partial charge on any atom is 0.325 e. The molecule has 1 N–H and O–H groups in total. The van der Waals surface area contributed by atoms with E-state index < -0.39 is 5.54 Å². The van der Waals surface area contributed by atoms with Crippen molar-refractivity contribution >= 4 is 17.1 Å². The van der Waals surface area contributed by atoms with E-state index in [0.717, 1.165) is 16.7 Å². The highest BCUT2D eigenvalue weighted by molar-refractivity contribution is 5.79. The summed E-state index contributed by atoms with van der Waals surface area (Å²) in [6.45, 7) is 5.96. The molecule has 0 aliphatic carbocycles. The highest BCUT2D eigenvalue weighted by atomic mass is 16.5. The number of aromatic nitrogens is 1. The van der Waals surface area contributed by atoms with Crippen LogP contribution in [-0.4, -0.2) is 23.6 Å². The van der Waals surface area contributed by atoms with Crippen molar-refractivity contribution in [3.8, 4) is 0 Å². The first-order valence-corrected chi connectivity index (χ1v) is 6.12. The lowest BCUT2D eigenvalue weighted by atomic mass is 10.1. The van der Waals surface area contributed by atoms with Gasteiger partial charge < -0.3 is 9.15 Å². The molecule has 0 radical (unpaired) electrons. The average Bonchev–Trinajstić information content (AvgIpc) is 2.74. The van der Waals surface area contributed by atoms with Crippen molar-refractivity contribution in [3.63, 3.8) is 0 Å². The Balaban J connectivity index is 2.11. The number of carbonyl (C=O) groups excluding carboxylic acids is 1. The summed E-state index contributed by atoms with van der Waals surface area (Å²) < 4.78 is 10.2. The van der Waals surface area contributed by atoms with Gasteiger partial charge in [0.25, 0.3) is 0 Å². The number of ether oxygens (including phenoxy) is 1. The first-order valence-electron chi connectivity index (χ1n) is 6.12. The fourth-order valence-corrected chi connectivity index (χ4v) is 1.85. The fourth-order valence-electron chi connectivity index (χ4n) is 1.85. The summed E-state index contributed by atoms with van der Waals surface area (Å²) in [7, 11) is 1.38.